The summed E-state index contributed by atoms with van der Waals surface area (Å²) in [4.78, 5) is 17.1. The molecule has 27 heavy (non-hydrogen) atoms. The van der Waals surface area contributed by atoms with Gasteiger partial charge in [-0.2, -0.15) is 11.3 Å². The minimum Gasteiger partial charge on any atom is -0.497 e. The molecule has 0 saturated carbocycles. The van der Waals surface area contributed by atoms with Gasteiger partial charge in [-0.1, -0.05) is 0 Å². The van der Waals surface area contributed by atoms with Gasteiger partial charge in [0.25, 0.3) is 0 Å². The average Bonchev–Trinajstić information content (AvgIpc) is 3.35. The number of thiophene rings is 1. The van der Waals surface area contributed by atoms with Gasteiger partial charge in [-0.15, -0.1) is 0 Å². The van der Waals surface area contributed by atoms with Crippen LogP contribution in [0, 0.1) is 0 Å². The maximum atomic E-state index is 12.6. The number of benzene rings is 1. The molecule has 0 aliphatic rings. The van der Waals surface area contributed by atoms with Crippen LogP contribution in [0.3, 0.4) is 0 Å². The molecule has 1 N–H and O–H groups in total. The number of hydrogen-bond acceptors (Lipinski definition) is 5. The molecule has 3 aromatic rings. The first kappa shape index (κ1) is 19.0. The van der Waals surface area contributed by atoms with E-state index >= 15 is 0 Å². The molecule has 3 rings (SSSR count). The lowest BCUT2D eigenvalue weighted by Crippen LogP contribution is -2.31. The van der Waals surface area contributed by atoms with Gasteiger partial charge in [-0.3, -0.25) is 4.79 Å². The summed E-state index contributed by atoms with van der Waals surface area (Å²) in [6.07, 6.45) is 4.71. The van der Waals surface area contributed by atoms with Crippen molar-refractivity contribution in [3.63, 3.8) is 0 Å². The van der Waals surface area contributed by atoms with Gasteiger partial charge in [0.2, 0.25) is 5.91 Å². The standard InChI is InChI=1S/C20H23N3O3S/c1-23-8-7-21-20(23)19(15-10-16(25-2)12-17(11-15)26-3)22-18(24)5-4-14-6-9-27-13-14/h6-13,19H,4-5H2,1-3H3,(H,22,24)/t19-/m0/s1. The maximum absolute atomic E-state index is 12.6. The first-order valence-electron chi connectivity index (χ1n) is 8.61. The largest absolute Gasteiger partial charge is 0.497 e. The number of aryl methyl sites for hydroxylation is 2. The molecule has 0 spiro atoms. The van der Waals surface area contributed by atoms with Crippen LogP contribution >= 0.6 is 11.3 Å². The van der Waals surface area contributed by atoms with Crippen molar-refractivity contribution in [2.24, 2.45) is 7.05 Å². The van der Waals surface area contributed by atoms with E-state index in [1.165, 1.54) is 5.56 Å². The molecule has 0 bridgehead atoms. The van der Waals surface area contributed by atoms with Gasteiger partial charge in [-0.05, 0) is 46.5 Å². The first-order chi connectivity index (χ1) is 13.1. The van der Waals surface area contributed by atoms with Gasteiger partial charge in [0.05, 0.1) is 14.2 Å². The van der Waals surface area contributed by atoms with Gasteiger partial charge in [0.15, 0.2) is 0 Å². The smallest absolute Gasteiger partial charge is 0.221 e. The number of aromatic nitrogens is 2. The zero-order chi connectivity index (χ0) is 19.2. The van der Waals surface area contributed by atoms with E-state index in [1.54, 1.807) is 37.8 Å². The van der Waals surface area contributed by atoms with Crippen LogP contribution in [0.15, 0.2) is 47.4 Å². The van der Waals surface area contributed by atoms with Crippen LogP contribution in [-0.2, 0) is 18.3 Å². The number of rotatable bonds is 8. The topological polar surface area (TPSA) is 65.4 Å². The predicted molar refractivity (Wildman–Crippen MR) is 105 cm³/mol. The lowest BCUT2D eigenvalue weighted by atomic mass is 10.0. The Morgan fingerprint density at radius 1 is 1.26 bits per heavy atom. The van der Waals surface area contributed by atoms with E-state index in [0.717, 1.165) is 11.4 Å². The second-order valence-corrected chi connectivity index (χ2v) is 6.95. The average molecular weight is 385 g/mol. The number of amides is 1. The number of methoxy groups -OCH3 is 2. The Kier molecular flexibility index (Phi) is 6.13. The molecule has 6 nitrogen and oxygen atoms in total. The van der Waals surface area contributed by atoms with Crippen molar-refractivity contribution in [2.45, 2.75) is 18.9 Å². The molecule has 1 amide bonds. The third-order valence-corrected chi connectivity index (χ3v) is 5.08. The highest BCUT2D eigenvalue weighted by atomic mass is 32.1. The molecular weight excluding hydrogens is 362 g/mol. The highest BCUT2D eigenvalue weighted by molar-refractivity contribution is 7.07. The Morgan fingerprint density at radius 3 is 2.56 bits per heavy atom. The summed E-state index contributed by atoms with van der Waals surface area (Å²) < 4.78 is 12.7. The first-order valence-corrected chi connectivity index (χ1v) is 9.55. The van der Waals surface area contributed by atoms with Crippen molar-refractivity contribution in [3.05, 3.63) is 64.4 Å². The van der Waals surface area contributed by atoms with Gasteiger partial charge in [-0.25, -0.2) is 4.98 Å². The fourth-order valence-electron chi connectivity index (χ4n) is 2.87. The fraction of sp³-hybridized carbons (Fsp3) is 0.300. The molecule has 1 atom stereocenters. The Balaban J connectivity index is 1.86. The van der Waals surface area contributed by atoms with E-state index in [-0.39, 0.29) is 5.91 Å². The number of hydrogen-bond donors (Lipinski definition) is 1. The Morgan fingerprint density at radius 2 is 2.00 bits per heavy atom. The minimum atomic E-state index is -0.399. The summed E-state index contributed by atoms with van der Waals surface area (Å²) in [6, 6.07) is 7.23. The third-order valence-electron chi connectivity index (χ3n) is 4.35. The highest BCUT2D eigenvalue weighted by Gasteiger charge is 2.22. The molecule has 0 aliphatic carbocycles. The van der Waals surface area contributed by atoms with Crippen LogP contribution in [0.1, 0.15) is 29.4 Å². The quantitative estimate of drug-likeness (QED) is 0.646. The molecule has 0 unspecified atom stereocenters. The second kappa shape index (κ2) is 8.73. The van der Waals surface area contributed by atoms with Crippen molar-refractivity contribution in [1.82, 2.24) is 14.9 Å². The van der Waals surface area contributed by atoms with E-state index in [9.17, 15) is 4.79 Å². The van der Waals surface area contributed by atoms with Crippen LogP contribution in [-0.4, -0.2) is 29.7 Å². The Hall–Kier alpha value is -2.80. The number of ether oxygens (including phenoxy) is 2. The molecule has 2 aromatic heterocycles. The zero-order valence-corrected chi connectivity index (χ0v) is 16.5. The Labute approximate surface area is 162 Å². The summed E-state index contributed by atoms with van der Waals surface area (Å²) in [5.74, 6) is 2.04. The number of imidazole rings is 1. The minimum absolute atomic E-state index is 0.0315. The molecule has 1 aromatic carbocycles. The van der Waals surface area contributed by atoms with Crippen molar-refractivity contribution in [1.29, 1.82) is 0 Å². The van der Waals surface area contributed by atoms with Crippen LogP contribution in [0.2, 0.25) is 0 Å². The summed E-state index contributed by atoms with van der Waals surface area (Å²) in [5, 5.41) is 7.20. The van der Waals surface area contributed by atoms with Crippen LogP contribution in [0.4, 0.5) is 0 Å². The molecule has 0 radical (unpaired) electrons. The number of nitrogens with one attached hydrogen (secondary N) is 1. The van der Waals surface area contributed by atoms with Crippen molar-refractivity contribution >= 4 is 17.2 Å². The predicted octanol–water partition coefficient (Wildman–Crippen LogP) is 3.34. The number of carbonyl (C=O) groups is 1. The maximum Gasteiger partial charge on any atom is 0.221 e. The van der Waals surface area contributed by atoms with E-state index in [2.05, 4.69) is 15.7 Å². The summed E-state index contributed by atoms with van der Waals surface area (Å²) in [5.41, 5.74) is 2.02. The summed E-state index contributed by atoms with van der Waals surface area (Å²) >= 11 is 1.64. The van der Waals surface area contributed by atoms with Crippen LogP contribution < -0.4 is 14.8 Å². The SMILES string of the molecule is COc1cc(OC)cc([C@H](NC(=O)CCc2ccsc2)c2nccn2C)c1. The Bertz CT molecular complexity index is 868. The third kappa shape index (κ3) is 4.68. The molecular formula is C20H23N3O3S. The van der Waals surface area contributed by atoms with E-state index in [0.29, 0.717) is 24.3 Å². The van der Waals surface area contributed by atoms with Gasteiger partial charge >= 0.3 is 0 Å². The van der Waals surface area contributed by atoms with Crippen LogP contribution in [0.25, 0.3) is 0 Å². The lowest BCUT2D eigenvalue weighted by molar-refractivity contribution is -0.121. The van der Waals surface area contributed by atoms with E-state index in [4.69, 9.17) is 9.47 Å². The molecule has 2 heterocycles. The van der Waals surface area contributed by atoms with Gasteiger partial charge < -0.3 is 19.4 Å². The normalized spacial score (nSPS) is 11.8. The zero-order valence-electron chi connectivity index (χ0n) is 15.6. The van der Waals surface area contributed by atoms with Crippen molar-refractivity contribution in [3.8, 4) is 11.5 Å². The van der Waals surface area contributed by atoms with Crippen molar-refractivity contribution in [2.75, 3.05) is 14.2 Å². The number of nitrogens with zero attached hydrogens (tertiary/aromatic N) is 2. The van der Waals surface area contributed by atoms with Gasteiger partial charge in [0, 0.05) is 31.9 Å². The molecule has 0 fully saturated rings. The number of carbonyl (C=O) groups excluding carboxylic acids is 1. The molecule has 7 heteroatoms. The molecule has 0 aliphatic heterocycles. The summed E-state index contributed by atoms with van der Waals surface area (Å²) in [6.45, 7) is 0. The monoisotopic (exact) mass is 385 g/mol. The lowest BCUT2D eigenvalue weighted by Gasteiger charge is -2.20. The molecule has 142 valence electrons. The second-order valence-electron chi connectivity index (χ2n) is 6.17. The van der Waals surface area contributed by atoms with Gasteiger partial charge in [0.1, 0.15) is 23.4 Å². The van der Waals surface area contributed by atoms with Crippen molar-refractivity contribution < 1.29 is 14.3 Å². The summed E-state index contributed by atoms with van der Waals surface area (Å²) in [7, 11) is 5.12. The fourth-order valence-corrected chi connectivity index (χ4v) is 3.58. The van der Waals surface area contributed by atoms with Crippen LogP contribution in [0.5, 0.6) is 11.5 Å². The van der Waals surface area contributed by atoms with E-state index < -0.39 is 6.04 Å². The molecule has 0 saturated heterocycles. The van der Waals surface area contributed by atoms with E-state index in [1.807, 2.05) is 41.4 Å². The highest BCUT2D eigenvalue weighted by Crippen LogP contribution is 2.29.